The van der Waals surface area contributed by atoms with E-state index < -0.39 is 27.9 Å². The lowest BCUT2D eigenvalue weighted by Gasteiger charge is -2.26. The van der Waals surface area contributed by atoms with E-state index in [9.17, 15) is 17.2 Å². The van der Waals surface area contributed by atoms with Gasteiger partial charge in [0, 0.05) is 12.1 Å². The molecular formula is C16H14F2O5S. The lowest BCUT2D eigenvalue weighted by molar-refractivity contribution is 0.0546. The minimum Gasteiger partial charge on any atom is -0.486 e. The Morgan fingerprint density at radius 1 is 1.17 bits per heavy atom. The van der Waals surface area contributed by atoms with Crippen molar-refractivity contribution in [3.63, 3.8) is 0 Å². The van der Waals surface area contributed by atoms with Crippen LogP contribution in [0.3, 0.4) is 0 Å². The van der Waals surface area contributed by atoms with Gasteiger partial charge in [0.05, 0.1) is 4.90 Å². The zero-order valence-electron chi connectivity index (χ0n) is 12.7. The van der Waals surface area contributed by atoms with Crippen LogP contribution in [0.4, 0.5) is 8.78 Å². The summed E-state index contributed by atoms with van der Waals surface area (Å²) in [7, 11) is -3.95. The normalized spacial score (nSPS) is 16.9. The number of hydrogen-bond acceptors (Lipinski definition) is 5. The van der Waals surface area contributed by atoms with Crippen molar-refractivity contribution in [2.75, 3.05) is 13.2 Å². The molecule has 0 N–H and O–H groups in total. The molecule has 2 aromatic carbocycles. The first-order chi connectivity index (χ1) is 11.4. The molecule has 0 saturated heterocycles. The Labute approximate surface area is 137 Å². The molecule has 2 aromatic rings. The Morgan fingerprint density at radius 3 is 2.54 bits per heavy atom. The van der Waals surface area contributed by atoms with E-state index >= 15 is 0 Å². The third kappa shape index (κ3) is 3.34. The average Bonchev–Trinajstić information content (AvgIpc) is 2.54. The van der Waals surface area contributed by atoms with Crippen molar-refractivity contribution in [3.05, 3.63) is 53.6 Å². The van der Waals surface area contributed by atoms with Crippen LogP contribution in [-0.2, 0) is 14.3 Å². The lowest BCUT2D eigenvalue weighted by atomic mass is 10.2. The molecule has 128 valence electrons. The summed E-state index contributed by atoms with van der Waals surface area (Å²) in [6, 6.07) is 8.15. The number of benzene rings is 2. The molecule has 0 aromatic heterocycles. The van der Waals surface area contributed by atoms with Crippen LogP contribution in [0, 0.1) is 18.6 Å². The molecule has 24 heavy (non-hydrogen) atoms. The van der Waals surface area contributed by atoms with E-state index in [4.69, 9.17) is 13.7 Å². The van der Waals surface area contributed by atoms with Gasteiger partial charge >= 0.3 is 0 Å². The van der Waals surface area contributed by atoms with Gasteiger partial charge in [-0.2, -0.15) is 8.42 Å². The van der Waals surface area contributed by atoms with Crippen molar-refractivity contribution in [2.45, 2.75) is 17.9 Å². The molecule has 0 spiro atoms. The average molecular weight is 356 g/mol. The summed E-state index contributed by atoms with van der Waals surface area (Å²) in [4.78, 5) is 0.0650. The Bertz CT molecular complexity index is 867. The zero-order valence-corrected chi connectivity index (χ0v) is 13.5. The van der Waals surface area contributed by atoms with Crippen LogP contribution in [0.15, 0.2) is 41.3 Å². The summed E-state index contributed by atoms with van der Waals surface area (Å²) in [6.07, 6.45) is -0.763. The first-order valence-corrected chi connectivity index (χ1v) is 8.51. The summed E-state index contributed by atoms with van der Waals surface area (Å²) in [6.45, 7) is 1.31. The Kier molecular flexibility index (Phi) is 4.42. The molecular weight excluding hydrogens is 342 g/mol. The summed E-state index contributed by atoms with van der Waals surface area (Å²) in [5, 5.41) is 0. The zero-order chi connectivity index (χ0) is 17.3. The van der Waals surface area contributed by atoms with Crippen LogP contribution >= 0.6 is 0 Å². The quantitative estimate of drug-likeness (QED) is 0.789. The lowest BCUT2D eigenvalue weighted by Crippen LogP contribution is -2.34. The van der Waals surface area contributed by atoms with Crippen molar-refractivity contribution in [1.82, 2.24) is 0 Å². The highest BCUT2D eigenvalue weighted by Crippen LogP contribution is 2.33. The fourth-order valence-electron chi connectivity index (χ4n) is 2.26. The Hall–Kier alpha value is -2.19. The summed E-state index contributed by atoms with van der Waals surface area (Å²) < 4.78 is 66.5. The molecule has 0 bridgehead atoms. The minimum absolute atomic E-state index is 0.00189. The maximum absolute atomic E-state index is 13.2. The van der Waals surface area contributed by atoms with Crippen LogP contribution in [-0.4, -0.2) is 27.7 Å². The third-order valence-electron chi connectivity index (χ3n) is 3.48. The van der Waals surface area contributed by atoms with Crippen LogP contribution < -0.4 is 9.47 Å². The summed E-state index contributed by atoms with van der Waals surface area (Å²) in [5.74, 6) is -2.06. The van der Waals surface area contributed by atoms with Crippen LogP contribution in [0.5, 0.6) is 11.5 Å². The topological polar surface area (TPSA) is 61.8 Å². The molecule has 5 nitrogen and oxygen atoms in total. The smallest absolute Gasteiger partial charge is 0.297 e. The van der Waals surface area contributed by atoms with Crippen LogP contribution in [0.1, 0.15) is 5.56 Å². The minimum atomic E-state index is -3.95. The highest BCUT2D eigenvalue weighted by molar-refractivity contribution is 7.86. The number of halogens is 2. The molecule has 0 saturated carbocycles. The van der Waals surface area contributed by atoms with Gasteiger partial charge in [-0.1, -0.05) is 18.2 Å². The van der Waals surface area contributed by atoms with Crippen molar-refractivity contribution in [1.29, 1.82) is 0 Å². The van der Waals surface area contributed by atoms with Crippen molar-refractivity contribution in [2.24, 2.45) is 0 Å². The van der Waals surface area contributed by atoms with Gasteiger partial charge in [0.25, 0.3) is 10.1 Å². The van der Waals surface area contributed by atoms with Gasteiger partial charge in [0.1, 0.15) is 13.2 Å². The number of aryl methyl sites for hydroxylation is 1. The van der Waals surface area contributed by atoms with E-state index in [1.807, 2.05) is 0 Å². The molecule has 1 aliphatic heterocycles. The van der Waals surface area contributed by atoms with E-state index in [0.717, 1.165) is 12.1 Å². The highest BCUT2D eigenvalue weighted by Gasteiger charge is 2.26. The molecule has 1 atom stereocenters. The molecule has 0 fully saturated rings. The van der Waals surface area contributed by atoms with Gasteiger partial charge in [-0.3, -0.25) is 4.18 Å². The van der Waals surface area contributed by atoms with Crippen LogP contribution in [0.25, 0.3) is 0 Å². The SMILES string of the molecule is Cc1ccccc1S(=O)(=O)OCC1COc2cc(F)c(F)cc2O1. The van der Waals surface area contributed by atoms with E-state index in [2.05, 4.69) is 0 Å². The molecule has 1 unspecified atom stereocenters. The maximum atomic E-state index is 13.2. The monoisotopic (exact) mass is 356 g/mol. The number of ether oxygens (including phenoxy) is 2. The Balaban J connectivity index is 1.70. The molecule has 0 aliphatic carbocycles. The first kappa shape index (κ1) is 16.7. The number of hydrogen-bond donors (Lipinski definition) is 0. The molecule has 1 aliphatic rings. The predicted octanol–water partition coefficient (Wildman–Crippen LogP) is 2.82. The molecule has 0 radical (unpaired) electrons. The molecule has 0 amide bonds. The second-order valence-corrected chi connectivity index (χ2v) is 6.85. The highest BCUT2D eigenvalue weighted by atomic mass is 32.2. The first-order valence-electron chi connectivity index (χ1n) is 7.10. The molecule has 3 rings (SSSR count). The number of fused-ring (bicyclic) bond motifs is 1. The summed E-state index contributed by atoms with van der Waals surface area (Å²) >= 11 is 0. The van der Waals surface area contributed by atoms with Gasteiger partial charge in [-0.25, -0.2) is 8.78 Å². The second-order valence-electron chi connectivity index (χ2n) is 5.27. The summed E-state index contributed by atoms with van der Waals surface area (Å²) in [5.41, 5.74) is 0.557. The predicted molar refractivity (Wildman–Crippen MR) is 80.6 cm³/mol. The fraction of sp³-hybridized carbons (Fsp3) is 0.250. The maximum Gasteiger partial charge on any atom is 0.297 e. The van der Waals surface area contributed by atoms with Gasteiger partial charge < -0.3 is 9.47 Å². The van der Waals surface area contributed by atoms with Crippen LogP contribution in [0.2, 0.25) is 0 Å². The van der Waals surface area contributed by atoms with E-state index in [-0.39, 0.29) is 29.6 Å². The standard InChI is InChI=1S/C16H14F2O5S/c1-10-4-2-3-5-16(10)24(19,20)22-9-11-8-21-14-6-12(17)13(18)7-15(14)23-11/h2-7,11H,8-9H2,1H3. The fourth-order valence-corrected chi connectivity index (χ4v) is 3.43. The third-order valence-corrected chi connectivity index (χ3v) is 4.92. The molecule has 1 heterocycles. The van der Waals surface area contributed by atoms with Crippen molar-refractivity contribution in [3.8, 4) is 11.5 Å². The van der Waals surface area contributed by atoms with Gasteiger partial charge in [-0.05, 0) is 18.6 Å². The largest absolute Gasteiger partial charge is 0.486 e. The van der Waals surface area contributed by atoms with Gasteiger partial charge in [0.15, 0.2) is 29.2 Å². The molecule has 8 heteroatoms. The Morgan fingerprint density at radius 2 is 1.83 bits per heavy atom. The van der Waals surface area contributed by atoms with Crippen molar-refractivity contribution < 1.29 is 30.9 Å². The van der Waals surface area contributed by atoms with E-state index in [1.54, 1.807) is 25.1 Å². The van der Waals surface area contributed by atoms with E-state index in [0.29, 0.717) is 5.56 Å². The van der Waals surface area contributed by atoms with Gasteiger partial charge in [-0.15, -0.1) is 0 Å². The number of rotatable bonds is 4. The van der Waals surface area contributed by atoms with E-state index in [1.165, 1.54) is 6.07 Å². The van der Waals surface area contributed by atoms with Crippen molar-refractivity contribution >= 4 is 10.1 Å². The van der Waals surface area contributed by atoms with Gasteiger partial charge in [0.2, 0.25) is 0 Å². The second kappa shape index (κ2) is 6.37.